The Kier molecular flexibility index (Phi) is 9.48. The maximum absolute atomic E-state index is 13.0. The fourth-order valence-corrected chi connectivity index (χ4v) is 4.63. The van der Waals surface area contributed by atoms with Crippen LogP contribution in [0.5, 0.6) is 0 Å². The molecule has 208 valence electrons. The Morgan fingerprint density at radius 2 is 1.62 bits per heavy atom. The van der Waals surface area contributed by atoms with Gasteiger partial charge in [0.2, 0.25) is 0 Å². The second kappa shape index (κ2) is 13.2. The van der Waals surface area contributed by atoms with E-state index in [4.69, 9.17) is 4.74 Å². The fraction of sp³-hybridized carbons (Fsp3) is 0.355. The molecule has 2 aromatic carbocycles. The van der Waals surface area contributed by atoms with E-state index in [0.717, 1.165) is 43.9 Å². The van der Waals surface area contributed by atoms with Crippen molar-refractivity contribution in [1.82, 2.24) is 14.8 Å². The minimum absolute atomic E-state index is 0.266. The van der Waals surface area contributed by atoms with Gasteiger partial charge in [-0.1, -0.05) is 24.3 Å². The highest BCUT2D eigenvalue weighted by Gasteiger charge is 2.20. The third kappa shape index (κ3) is 7.44. The summed E-state index contributed by atoms with van der Waals surface area (Å²) in [7, 11) is 0. The van der Waals surface area contributed by atoms with Crippen LogP contribution in [-0.4, -0.2) is 65.1 Å². The predicted molar refractivity (Wildman–Crippen MR) is 156 cm³/mol. The number of nitriles is 1. The Bertz CT molecular complexity index is 1370. The normalized spacial score (nSPS) is 14.1. The molecular formula is C31H36N6O3. The Morgan fingerprint density at radius 3 is 2.23 bits per heavy atom. The quantitative estimate of drug-likeness (QED) is 0.396. The number of nitrogens with zero attached hydrogens (tertiary/aromatic N) is 4. The lowest BCUT2D eigenvalue weighted by molar-refractivity contribution is 0.102. The summed E-state index contributed by atoms with van der Waals surface area (Å²) in [5.41, 5.74) is 4.17. The summed E-state index contributed by atoms with van der Waals surface area (Å²) in [5, 5.41) is 15.3. The Balaban J connectivity index is 1.42. The zero-order chi connectivity index (χ0) is 28.6. The molecular weight excluding hydrogens is 504 g/mol. The minimum atomic E-state index is -0.596. The fourth-order valence-electron chi connectivity index (χ4n) is 4.63. The van der Waals surface area contributed by atoms with Crippen LogP contribution in [0.4, 0.5) is 16.2 Å². The molecule has 3 aromatic rings. The molecule has 0 unspecified atom stereocenters. The number of benzene rings is 2. The largest absolute Gasteiger partial charge is 0.447 e. The molecule has 0 bridgehead atoms. The molecule has 1 aliphatic rings. The number of carbonyl (C=O) groups excluding carboxylic acids is 2. The number of rotatable bonds is 8. The number of carbonyl (C=O) groups is 2. The van der Waals surface area contributed by atoms with Crippen molar-refractivity contribution < 1.29 is 14.3 Å². The number of anilines is 2. The SMILES string of the molecule is CC(C)OC(=O)Nc1ccccc1NC(=O)c1ccc(-c2ncc(CN3CCN(C(C)C)CC3)cc2C#N)cc1. The number of ether oxygens (including phenoxy) is 1. The Labute approximate surface area is 235 Å². The summed E-state index contributed by atoms with van der Waals surface area (Å²) < 4.78 is 5.13. The first-order valence-electron chi connectivity index (χ1n) is 13.6. The number of amides is 2. The van der Waals surface area contributed by atoms with E-state index in [-0.39, 0.29) is 12.0 Å². The van der Waals surface area contributed by atoms with Crippen LogP contribution < -0.4 is 10.6 Å². The van der Waals surface area contributed by atoms with Gasteiger partial charge in [-0.05, 0) is 63.6 Å². The van der Waals surface area contributed by atoms with Crippen molar-refractivity contribution in [3.63, 3.8) is 0 Å². The van der Waals surface area contributed by atoms with Crippen LogP contribution in [0.2, 0.25) is 0 Å². The van der Waals surface area contributed by atoms with E-state index in [1.165, 1.54) is 0 Å². The molecule has 0 aliphatic carbocycles. The smallest absolute Gasteiger partial charge is 0.411 e. The molecule has 0 atom stereocenters. The Morgan fingerprint density at radius 1 is 0.975 bits per heavy atom. The van der Waals surface area contributed by atoms with Gasteiger partial charge in [0.05, 0.1) is 28.7 Å². The number of aromatic nitrogens is 1. The van der Waals surface area contributed by atoms with E-state index in [9.17, 15) is 14.9 Å². The van der Waals surface area contributed by atoms with Crippen molar-refractivity contribution in [2.45, 2.75) is 46.4 Å². The first kappa shape index (κ1) is 28.7. The van der Waals surface area contributed by atoms with Gasteiger partial charge in [-0.3, -0.25) is 24.9 Å². The van der Waals surface area contributed by atoms with Gasteiger partial charge in [-0.25, -0.2) is 4.79 Å². The van der Waals surface area contributed by atoms with E-state index < -0.39 is 6.09 Å². The highest BCUT2D eigenvalue weighted by molar-refractivity contribution is 6.07. The molecule has 0 saturated carbocycles. The van der Waals surface area contributed by atoms with E-state index in [2.05, 4.69) is 45.3 Å². The predicted octanol–water partition coefficient (Wildman–Crippen LogP) is 5.36. The summed E-state index contributed by atoms with van der Waals surface area (Å²) in [6.07, 6.45) is 0.972. The van der Waals surface area contributed by atoms with Crippen molar-refractivity contribution in [3.05, 3.63) is 77.5 Å². The number of pyridine rings is 1. The highest BCUT2D eigenvalue weighted by Crippen LogP contribution is 2.25. The van der Waals surface area contributed by atoms with Crippen molar-refractivity contribution >= 4 is 23.4 Å². The van der Waals surface area contributed by atoms with Crippen LogP contribution in [-0.2, 0) is 11.3 Å². The molecule has 1 saturated heterocycles. The molecule has 2 heterocycles. The van der Waals surface area contributed by atoms with Crippen molar-refractivity contribution in [1.29, 1.82) is 5.26 Å². The van der Waals surface area contributed by atoms with Gasteiger partial charge >= 0.3 is 6.09 Å². The molecule has 2 amide bonds. The molecule has 40 heavy (non-hydrogen) atoms. The van der Waals surface area contributed by atoms with Gasteiger partial charge in [0.15, 0.2) is 0 Å². The minimum Gasteiger partial charge on any atom is -0.447 e. The number of para-hydroxylation sites is 2. The highest BCUT2D eigenvalue weighted by atomic mass is 16.6. The molecule has 9 nitrogen and oxygen atoms in total. The number of hydrogen-bond donors (Lipinski definition) is 2. The molecule has 1 fully saturated rings. The number of piperazine rings is 1. The molecule has 4 rings (SSSR count). The van der Waals surface area contributed by atoms with Crippen LogP contribution in [0.1, 0.15) is 49.2 Å². The third-order valence-corrected chi connectivity index (χ3v) is 6.78. The maximum atomic E-state index is 13.0. The van der Waals surface area contributed by atoms with Crippen LogP contribution >= 0.6 is 0 Å². The first-order valence-corrected chi connectivity index (χ1v) is 13.6. The molecule has 1 aliphatic heterocycles. The molecule has 1 aromatic heterocycles. The lowest BCUT2D eigenvalue weighted by Crippen LogP contribution is -2.48. The lowest BCUT2D eigenvalue weighted by atomic mass is 10.0. The average molecular weight is 541 g/mol. The molecule has 0 spiro atoms. The lowest BCUT2D eigenvalue weighted by Gasteiger charge is -2.36. The number of hydrogen-bond acceptors (Lipinski definition) is 7. The van der Waals surface area contributed by atoms with Gasteiger partial charge in [0.25, 0.3) is 5.91 Å². The van der Waals surface area contributed by atoms with E-state index in [1.54, 1.807) is 62.4 Å². The summed E-state index contributed by atoms with van der Waals surface area (Å²) in [6, 6.07) is 18.6. The van der Waals surface area contributed by atoms with Gasteiger partial charge in [0.1, 0.15) is 6.07 Å². The second-order valence-corrected chi connectivity index (χ2v) is 10.4. The average Bonchev–Trinajstić information content (AvgIpc) is 2.94. The zero-order valence-corrected chi connectivity index (χ0v) is 23.5. The third-order valence-electron chi connectivity index (χ3n) is 6.78. The Hall–Kier alpha value is -4.26. The first-order chi connectivity index (χ1) is 19.2. The van der Waals surface area contributed by atoms with Gasteiger partial charge in [-0.2, -0.15) is 5.26 Å². The molecule has 0 radical (unpaired) electrons. The summed E-state index contributed by atoms with van der Waals surface area (Å²) >= 11 is 0. The van der Waals surface area contributed by atoms with Crippen LogP contribution in [0, 0.1) is 11.3 Å². The summed E-state index contributed by atoms with van der Waals surface area (Å²) in [6.45, 7) is 12.8. The van der Waals surface area contributed by atoms with Crippen LogP contribution in [0.15, 0.2) is 60.8 Å². The van der Waals surface area contributed by atoms with E-state index >= 15 is 0 Å². The van der Waals surface area contributed by atoms with Gasteiger partial charge in [0, 0.05) is 56.1 Å². The topological polar surface area (TPSA) is 111 Å². The van der Waals surface area contributed by atoms with Crippen molar-refractivity contribution in [2.24, 2.45) is 0 Å². The van der Waals surface area contributed by atoms with Crippen LogP contribution in [0.3, 0.4) is 0 Å². The van der Waals surface area contributed by atoms with E-state index in [0.29, 0.717) is 34.2 Å². The number of nitrogens with one attached hydrogen (secondary N) is 2. The molecule has 9 heteroatoms. The zero-order valence-electron chi connectivity index (χ0n) is 23.5. The maximum Gasteiger partial charge on any atom is 0.411 e. The molecule has 2 N–H and O–H groups in total. The monoisotopic (exact) mass is 540 g/mol. The van der Waals surface area contributed by atoms with Crippen molar-refractivity contribution in [2.75, 3.05) is 36.8 Å². The summed E-state index contributed by atoms with van der Waals surface area (Å²) in [5.74, 6) is -0.334. The summed E-state index contributed by atoms with van der Waals surface area (Å²) in [4.78, 5) is 34.5. The van der Waals surface area contributed by atoms with Gasteiger partial charge < -0.3 is 10.1 Å². The standard InChI is InChI=1S/C31H36N6O3/c1-21(2)37-15-13-36(14-16-37)20-23-17-26(18-32)29(33-19-23)24-9-11-25(12-10-24)30(38)34-27-7-5-6-8-28(27)35-31(39)40-22(3)4/h5-12,17,19,21-22H,13-16,20H2,1-4H3,(H,34,38)(H,35,39). The second-order valence-electron chi connectivity index (χ2n) is 10.4. The van der Waals surface area contributed by atoms with Crippen LogP contribution in [0.25, 0.3) is 11.3 Å². The van der Waals surface area contributed by atoms with Gasteiger partial charge in [-0.15, -0.1) is 0 Å². The van der Waals surface area contributed by atoms with Crippen molar-refractivity contribution in [3.8, 4) is 17.3 Å². The van der Waals surface area contributed by atoms with E-state index in [1.807, 2.05) is 12.3 Å².